The van der Waals surface area contributed by atoms with Gasteiger partial charge >= 0.3 is 12.2 Å². The van der Waals surface area contributed by atoms with E-state index in [9.17, 15) is 19.2 Å². The zero-order valence-electron chi connectivity index (χ0n) is 20.6. The molecule has 0 spiro atoms. The largest absolute Gasteiger partial charge is 0.444 e. The fourth-order valence-corrected chi connectivity index (χ4v) is 3.35. The summed E-state index contributed by atoms with van der Waals surface area (Å²) in [4.78, 5) is 49.5. The number of ether oxygens (including phenoxy) is 2. The average Bonchev–Trinajstić information content (AvgIpc) is 2.55. The number of piperidine rings is 2. The molecule has 3 atom stereocenters. The maximum absolute atomic E-state index is 11.9. The van der Waals surface area contributed by atoms with E-state index in [0.29, 0.717) is 32.4 Å². The first-order chi connectivity index (χ1) is 14.0. The van der Waals surface area contributed by atoms with E-state index in [0.717, 1.165) is 0 Å². The summed E-state index contributed by atoms with van der Waals surface area (Å²) in [5.41, 5.74) is -0.959. The van der Waals surface area contributed by atoms with Gasteiger partial charge in [0.25, 0.3) is 0 Å². The van der Waals surface area contributed by atoms with Crippen LogP contribution < -0.4 is 0 Å². The number of rotatable bonds is 0. The van der Waals surface area contributed by atoms with Crippen molar-refractivity contribution >= 4 is 23.8 Å². The molecule has 2 rings (SSSR count). The van der Waals surface area contributed by atoms with Gasteiger partial charge in [-0.25, -0.2) is 9.59 Å². The van der Waals surface area contributed by atoms with Gasteiger partial charge in [0.1, 0.15) is 22.8 Å². The van der Waals surface area contributed by atoms with Crippen molar-refractivity contribution in [1.29, 1.82) is 0 Å². The van der Waals surface area contributed by atoms with Crippen LogP contribution in [0.1, 0.15) is 81.6 Å². The Balaban J connectivity index is 0.000000311. The summed E-state index contributed by atoms with van der Waals surface area (Å²) in [6.45, 7) is 17.6. The first-order valence-electron chi connectivity index (χ1n) is 11.0. The van der Waals surface area contributed by atoms with Gasteiger partial charge in [0.15, 0.2) is 0 Å². The van der Waals surface area contributed by atoms with E-state index in [1.807, 2.05) is 62.3 Å². The SMILES string of the molecule is CC1CN(C(=O)OC(C)(C)C)[C@@H](C)CC1=O.C[C@H]1CC(=O)CCN1C(=O)OC(C)(C)C. The molecule has 0 bridgehead atoms. The van der Waals surface area contributed by atoms with Crippen molar-refractivity contribution in [3.8, 4) is 0 Å². The molecule has 2 saturated heterocycles. The summed E-state index contributed by atoms with van der Waals surface area (Å²) >= 11 is 0. The number of Topliss-reactive ketones (excluding diaryl/α,β-unsaturated/α-hetero) is 2. The first kappa shape index (κ1) is 26.9. The highest BCUT2D eigenvalue weighted by molar-refractivity contribution is 5.84. The minimum Gasteiger partial charge on any atom is -0.444 e. The number of ketones is 2. The highest BCUT2D eigenvalue weighted by Crippen LogP contribution is 2.21. The van der Waals surface area contributed by atoms with Crippen molar-refractivity contribution in [2.75, 3.05) is 13.1 Å². The number of carbonyl (C=O) groups excluding carboxylic acids is 4. The maximum atomic E-state index is 11.9. The second kappa shape index (κ2) is 10.5. The quantitative estimate of drug-likeness (QED) is 0.560. The molecule has 8 heteroatoms. The van der Waals surface area contributed by atoms with Gasteiger partial charge in [0.05, 0.1) is 0 Å². The summed E-state index contributed by atoms with van der Waals surface area (Å²) in [5.74, 6) is 0.373. The van der Waals surface area contributed by atoms with Crippen molar-refractivity contribution in [3.05, 3.63) is 0 Å². The van der Waals surface area contributed by atoms with E-state index in [1.54, 1.807) is 9.80 Å². The Morgan fingerprint density at radius 2 is 1.26 bits per heavy atom. The number of hydrogen-bond acceptors (Lipinski definition) is 6. The van der Waals surface area contributed by atoms with Crippen LogP contribution in [-0.4, -0.2) is 69.9 Å². The highest BCUT2D eigenvalue weighted by atomic mass is 16.6. The average molecular weight is 441 g/mol. The Kier molecular flexibility index (Phi) is 9.08. The van der Waals surface area contributed by atoms with E-state index in [4.69, 9.17) is 9.47 Å². The lowest BCUT2D eigenvalue weighted by Gasteiger charge is -2.36. The van der Waals surface area contributed by atoms with E-state index in [2.05, 4.69) is 0 Å². The molecule has 0 aromatic carbocycles. The van der Waals surface area contributed by atoms with Gasteiger partial charge in [-0.2, -0.15) is 0 Å². The topological polar surface area (TPSA) is 93.2 Å². The monoisotopic (exact) mass is 440 g/mol. The van der Waals surface area contributed by atoms with E-state index in [1.165, 1.54) is 0 Å². The van der Waals surface area contributed by atoms with E-state index < -0.39 is 11.2 Å². The predicted molar refractivity (Wildman–Crippen MR) is 118 cm³/mol. The molecule has 2 amide bonds. The van der Waals surface area contributed by atoms with Crippen LogP contribution in [0.5, 0.6) is 0 Å². The fourth-order valence-electron chi connectivity index (χ4n) is 3.35. The Morgan fingerprint density at radius 1 is 0.806 bits per heavy atom. The molecule has 0 aliphatic carbocycles. The molecule has 2 fully saturated rings. The molecule has 31 heavy (non-hydrogen) atoms. The lowest BCUT2D eigenvalue weighted by Crippen LogP contribution is -2.50. The van der Waals surface area contributed by atoms with Gasteiger partial charge in [-0.3, -0.25) is 9.59 Å². The van der Waals surface area contributed by atoms with Gasteiger partial charge in [-0.15, -0.1) is 0 Å². The van der Waals surface area contributed by atoms with Gasteiger partial charge < -0.3 is 19.3 Å². The van der Waals surface area contributed by atoms with Crippen molar-refractivity contribution in [2.24, 2.45) is 5.92 Å². The van der Waals surface area contributed by atoms with Gasteiger partial charge in [-0.05, 0) is 55.4 Å². The molecule has 0 aromatic rings. The number of carbonyl (C=O) groups is 4. The first-order valence-corrected chi connectivity index (χ1v) is 11.0. The molecule has 2 heterocycles. The zero-order chi connectivity index (χ0) is 24.1. The lowest BCUT2D eigenvalue weighted by molar-refractivity contribution is -0.127. The standard InChI is InChI=1S/C12H21NO3.C11H19NO3/c1-8-7-13(9(2)6-10(8)14)11(15)16-12(3,4)5;1-8-7-9(13)5-6-12(8)10(14)15-11(2,3)4/h8-9H,6-7H2,1-5H3;8H,5-7H2,1-4H3/t8?,9-;8-/m00/s1. The molecule has 178 valence electrons. The Morgan fingerprint density at radius 3 is 1.71 bits per heavy atom. The lowest BCUT2D eigenvalue weighted by atomic mass is 9.94. The smallest absolute Gasteiger partial charge is 0.410 e. The Labute approximate surface area is 186 Å². The second-order valence-corrected chi connectivity index (χ2v) is 10.6. The Hall–Kier alpha value is -2.12. The molecular formula is C23H40N2O6. The minimum absolute atomic E-state index is 0.0406. The molecule has 2 aliphatic rings. The molecular weight excluding hydrogens is 400 g/mol. The van der Waals surface area contributed by atoms with E-state index >= 15 is 0 Å². The number of amides is 2. The predicted octanol–water partition coefficient (Wildman–Crippen LogP) is 4.20. The number of likely N-dealkylation sites (tertiary alicyclic amines) is 2. The van der Waals surface area contributed by atoms with Crippen LogP contribution in [0.15, 0.2) is 0 Å². The molecule has 0 aromatic heterocycles. The van der Waals surface area contributed by atoms with Gasteiger partial charge in [-0.1, -0.05) is 6.92 Å². The summed E-state index contributed by atoms with van der Waals surface area (Å²) in [6.07, 6.45) is 0.685. The normalized spacial score (nSPS) is 24.9. The summed E-state index contributed by atoms with van der Waals surface area (Å²) in [5, 5.41) is 0. The third kappa shape index (κ3) is 9.27. The van der Waals surface area contributed by atoms with Crippen molar-refractivity contribution in [2.45, 2.75) is 105 Å². The van der Waals surface area contributed by atoms with Crippen molar-refractivity contribution in [1.82, 2.24) is 9.80 Å². The summed E-state index contributed by atoms with van der Waals surface area (Å²) in [7, 11) is 0. The number of hydrogen-bond donors (Lipinski definition) is 0. The van der Waals surface area contributed by atoms with Crippen LogP contribution in [0.3, 0.4) is 0 Å². The van der Waals surface area contributed by atoms with Crippen molar-refractivity contribution < 1.29 is 28.7 Å². The third-order valence-corrected chi connectivity index (χ3v) is 4.99. The molecule has 1 unspecified atom stereocenters. The van der Waals surface area contributed by atoms with E-state index in [-0.39, 0.29) is 41.8 Å². The van der Waals surface area contributed by atoms with Crippen LogP contribution in [0.25, 0.3) is 0 Å². The Bertz CT molecular complexity index is 677. The van der Waals surface area contributed by atoms with Gasteiger partial charge in [0.2, 0.25) is 0 Å². The molecule has 0 saturated carbocycles. The maximum Gasteiger partial charge on any atom is 0.410 e. The van der Waals surface area contributed by atoms with Crippen LogP contribution in [0, 0.1) is 5.92 Å². The van der Waals surface area contributed by atoms with Crippen LogP contribution >= 0.6 is 0 Å². The van der Waals surface area contributed by atoms with Crippen LogP contribution in [0.4, 0.5) is 9.59 Å². The van der Waals surface area contributed by atoms with Gasteiger partial charge in [0, 0.05) is 50.4 Å². The third-order valence-electron chi connectivity index (χ3n) is 4.99. The van der Waals surface area contributed by atoms with Crippen molar-refractivity contribution in [3.63, 3.8) is 0 Å². The number of nitrogens with zero attached hydrogens (tertiary/aromatic N) is 2. The molecule has 0 N–H and O–H groups in total. The molecule has 8 nitrogen and oxygen atoms in total. The minimum atomic E-state index is -0.485. The zero-order valence-corrected chi connectivity index (χ0v) is 20.6. The van der Waals surface area contributed by atoms with Crippen LogP contribution in [-0.2, 0) is 19.1 Å². The molecule has 0 radical (unpaired) electrons. The van der Waals surface area contributed by atoms with Crippen LogP contribution in [0.2, 0.25) is 0 Å². The summed E-state index contributed by atoms with van der Waals surface area (Å²) in [6, 6.07) is -0.0975. The fraction of sp³-hybridized carbons (Fsp3) is 0.826. The highest BCUT2D eigenvalue weighted by Gasteiger charge is 2.34. The summed E-state index contributed by atoms with van der Waals surface area (Å²) < 4.78 is 10.6. The molecule has 2 aliphatic heterocycles. The second-order valence-electron chi connectivity index (χ2n) is 10.6.